The molecule has 7 heteroatoms. The Morgan fingerprint density at radius 1 is 1.24 bits per heavy atom. The summed E-state index contributed by atoms with van der Waals surface area (Å²) in [7, 11) is 3.50. The highest BCUT2D eigenvalue weighted by molar-refractivity contribution is 5.38. The molecule has 1 heterocycles. The summed E-state index contributed by atoms with van der Waals surface area (Å²) < 4.78 is 19.0. The lowest BCUT2D eigenvalue weighted by molar-refractivity contribution is 0.312. The molecule has 0 saturated heterocycles. The Hall–Kier alpha value is -2.44. The SMILES string of the molecule is CCOc1nc(NC)nc(N(C)Cc2ccccc2F)n1. The van der Waals surface area contributed by atoms with E-state index in [0.29, 0.717) is 30.6 Å². The van der Waals surface area contributed by atoms with Crippen LogP contribution in [0.3, 0.4) is 0 Å². The molecule has 1 aromatic heterocycles. The van der Waals surface area contributed by atoms with Gasteiger partial charge in [0.2, 0.25) is 11.9 Å². The molecule has 0 aliphatic carbocycles. The van der Waals surface area contributed by atoms with Crippen molar-refractivity contribution in [3.63, 3.8) is 0 Å². The quantitative estimate of drug-likeness (QED) is 0.879. The zero-order chi connectivity index (χ0) is 15.2. The topological polar surface area (TPSA) is 63.2 Å². The number of benzene rings is 1. The predicted molar refractivity (Wildman–Crippen MR) is 79.0 cm³/mol. The van der Waals surface area contributed by atoms with Gasteiger partial charge in [0.15, 0.2) is 0 Å². The minimum Gasteiger partial charge on any atom is -0.464 e. The van der Waals surface area contributed by atoms with Crippen molar-refractivity contribution in [2.75, 3.05) is 30.9 Å². The number of ether oxygens (including phenoxy) is 1. The van der Waals surface area contributed by atoms with Gasteiger partial charge in [-0.05, 0) is 13.0 Å². The maximum absolute atomic E-state index is 13.7. The van der Waals surface area contributed by atoms with E-state index in [4.69, 9.17) is 4.74 Å². The molecular formula is C14H18FN5O. The third-order valence-corrected chi connectivity index (χ3v) is 2.81. The highest BCUT2D eigenvalue weighted by atomic mass is 19.1. The maximum atomic E-state index is 13.7. The third-order valence-electron chi connectivity index (χ3n) is 2.81. The van der Waals surface area contributed by atoms with Crippen molar-refractivity contribution in [1.82, 2.24) is 15.0 Å². The second-order valence-corrected chi connectivity index (χ2v) is 4.37. The average Bonchev–Trinajstić information content (AvgIpc) is 2.49. The van der Waals surface area contributed by atoms with Gasteiger partial charge >= 0.3 is 6.01 Å². The zero-order valence-corrected chi connectivity index (χ0v) is 12.3. The first-order valence-electron chi connectivity index (χ1n) is 6.65. The number of aromatic nitrogens is 3. The highest BCUT2D eigenvalue weighted by Gasteiger charge is 2.12. The van der Waals surface area contributed by atoms with Gasteiger partial charge in [-0.1, -0.05) is 18.2 Å². The Bertz CT molecular complexity index is 608. The van der Waals surface area contributed by atoms with Crippen molar-refractivity contribution >= 4 is 11.9 Å². The van der Waals surface area contributed by atoms with E-state index in [2.05, 4.69) is 20.3 Å². The van der Waals surface area contributed by atoms with Crippen LogP contribution in [-0.4, -0.2) is 35.7 Å². The highest BCUT2D eigenvalue weighted by Crippen LogP contribution is 2.17. The van der Waals surface area contributed by atoms with Gasteiger partial charge in [0.25, 0.3) is 0 Å². The number of hydrogen-bond donors (Lipinski definition) is 1. The summed E-state index contributed by atoms with van der Waals surface area (Å²) in [4.78, 5) is 14.3. The Morgan fingerprint density at radius 2 is 2.00 bits per heavy atom. The molecule has 0 saturated carbocycles. The van der Waals surface area contributed by atoms with E-state index >= 15 is 0 Å². The molecule has 0 bridgehead atoms. The molecule has 21 heavy (non-hydrogen) atoms. The van der Waals surface area contributed by atoms with Crippen molar-refractivity contribution in [3.05, 3.63) is 35.6 Å². The van der Waals surface area contributed by atoms with Crippen LogP contribution in [0, 0.1) is 5.82 Å². The molecule has 0 atom stereocenters. The summed E-state index contributed by atoms with van der Waals surface area (Å²) >= 11 is 0. The molecule has 0 amide bonds. The second kappa shape index (κ2) is 6.83. The molecule has 0 aliphatic heterocycles. The molecule has 112 valence electrons. The Kier molecular flexibility index (Phi) is 4.86. The average molecular weight is 291 g/mol. The number of halogens is 1. The van der Waals surface area contributed by atoms with E-state index in [9.17, 15) is 4.39 Å². The lowest BCUT2D eigenvalue weighted by Gasteiger charge is -2.18. The fourth-order valence-electron chi connectivity index (χ4n) is 1.77. The van der Waals surface area contributed by atoms with Crippen molar-refractivity contribution < 1.29 is 9.13 Å². The number of hydrogen-bond acceptors (Lipinski definition) is 6. The summed E-state index contributed by atoms with van der Waals surface area (Å²) in [6, 6.07) is 6.86. The summed E-state index contributed by atoms with van der Waals surface area (Å²) in [5.74, 6) is 0.571. The van der Waals surface area contributed by atoms with E-state index < -0.39 is 0 Å². The van der Waals surface area contributed by atoms with E-state index in [1.807, 2.05) is 6.92 Å². The van der Waals surface area contributed by atoms with Crippen LogP contribution >= 0.6 is 0 Å². The van der Waals surface area contributed by atoms with E-state index in [1.54, 1.807) is 37.2 Å². The second-order valence-electron chi connectivity index (χ2n) is 4.37. The largest absolute Gasteiger partial charge is 0.464 e. The minimum atomic E-state index is -0.253. The van der Waals surface area contributed by atoms with Crippen molar-refractivity contribution in [2.24, 2.45) is 0 Å². The van der Waals surface area contributed by atoms with Crippen molar-refractivity contribution in [1.29, 1.82) is 0 Å². The number of rotatable bonds is 6. The zero-order valence-electron chi connectivity index (χ0n) is 12.3. The van der Waals surface area contributed by atoms with Crippen LogP contribution in [0.2, 0.25) is 0 Å². The molecular weight excluding hydrogens is 273 g/mol. The van der Waals surface area contributed by atoms with Gasteiger partial charge in [-0.3, -0.25) is 0 Å². The van der Waals surface area contributed by atoms with Crippen LogP contribution in [0.15, 0.2) is 24.3 Å². The van der Waals surface area contributed by atoms with Gasteiger partial charge in [-0.15, -0.1) is 0 Å². The van der Waals surface area contributed by atoms with Crippen LogP contribution in [0.25, 0.3) is 0 Å². The molecule has 2 rings (SSSR count). The Balaban J connectivity index is 2.23. The van der Waals surface area contributed by atoms with Gasteiger partial charge in [-0.25, -0.2) is 4.39 Å². The Morgan fingerprint density at radius 3 is 2.67 bits per heavy atom. The van der Waals surface area contributed by atoms with Crippen LogP contribution in [-0.2, 0) is 6.54 Å². The molecule has 2 aromatic rings. The normalized spacial score (nSPS) is 10.3. The molecule has 1 aromatic carbocycles. The predicted octanol–water partition coefficient (Wildman–Crippen LogP) is 2.09. The number of nitrogens with one attached hydrogen (secondary N) is 1. The molecule has 6 nitrogen and oxygen atoms in total. The lowest BCUT2D eigenvalue weighted by Crippen LogP contribution is -2.21. The van der Waals surface area contributed by atoms with E-state index in [0.717, 1.165) is 0 Å². The monoisotopic (exact) mass is 291 g/mol. The van der Waals surface area contributed by atoms with E-state index in [1.165, 1.54) is 6.07 Å². The van der Waals surface area contributed by atoms with E-state index in [-0.39, 0.29) is 11.8 Å². The van der Waals surface area contributed by atoms with Gasteiger partial charge in [0.05, 0.1) is 6.61 Å². The number of nitrogens with zero attached hydrogens (tertiary/aromatic N) is 4. The summed E-state index contributed by atoms with van der Waals surface area (Å²) in [6.07, 6.45) is 0. The smallest absolute Gasteiger partial charge is 0.323 e. The molecule has 0 radical (unpaired) electrons. The first-order valence-corrected chi connectivity index (χ1v) is 6.65. The Labute approximate surface area is 123 Å². The molecule has 0 spiro atoms. The summed E-state index contributed by atoms with van der Waals surface area (Å²) in [6.45, 7) is 2.67. The minimum absolute atomic E-state index is 0.243. The third kappa shape index (κ3) is 3.77. The van der Waals surface area contributed by atoms with Gasteiger partial charge in [-0.2, -0.15) is 15.0 Å². The maximum Gasteiger partial charge on any atom is 0.323 e. The van der Waals surface area contributed by atoms with Crippen molar-refractivity contribution in [3.8, 4) is 6.01 Å². The van der Waals surface area contributed by atoms with Crippen LogP contribution < -0.4 is 15.0 Å². The summed E-state index contributed by atoms with van der Waals surface area (Å²) in [5, 5.41) is 2.85. The van der Waals surface area contributed by atoms with Gasteiger partial charge in [0, 0.05) is 26.2 Å². The number of anilines is 2. The van der Waals surface area contributed by atoms with Gasteiger partial charge in [0.1, 0.15) is 5.82 Å². The standard InChI is InChI=1S/C14H18FN5O/c1-4-21-14-18-12(16-2)17-13(19-14)20(3)9-10-7-5-6-8-11(10)15/h5-8H,4,9H2,1-3H3,(H,16,17,18,19). The van der Waals surface area contributed by atoms with Crippen LogP contribution in [0.1, 0.15) is 12.5 Å². The van der Waals surface area contributed by atoms with Crippen LogP contribution in [0.4, 0.5) is 16.3 Å². The fourth-order valence-corrected chi connectivity index (χ4v) is 1.77. The molecule has 0 unspecified atom stereocenters. The lowest BCUT2D eigenvalue weighted by atomic mass is 10.2. The van der Waals surface area contributed by atoms with Crippen LogP contribution in [0.5, 0.6) is 6.01 Å². The molecule has 1 N–H and O–H groups in total. The fraction of sp³-hybridized carbons (Fsp3) is 0.357. The molecule has 0 fully saturated rings. The first kappa shape index (κ1) is 15.0. The van der Waals surface area contributed by atoms with Crippen molar-refractivity contribution in [2.45, 2.75) is 13.5 Å². The van der Waals surface area contributed by atoms with Gasteiger partial charge < -0.3 is 15.0 Å². The molecule has 0 aliphatic rings. The summed E-state index contributed by atoms with van der Waals surface area (Å²) in [5.41, 5.74) is 0.573. The first-order chi connectivity index (χ1) is 10.1.